The van der Waals surface area contributed by atoms with Gasteiger partial charge in [0.2, 0.25) is 0 Å². The van der Waals surface area contributed by atoms with Crippen LogP contribution in [-0.2, 0) is 13.1 Å². The molecule has 0 aliphatic carbocycles. The highest BCUT2D eigenvalue weighted by Gasteiger charge is 2.01. The summed E-state index contributed by atoms with van der Waals surface area (Å²) in [5, 5.41) is 5.62. The zero-order valence-electron chi connectivity index (χ0n) is 11.8. The van der Waals surface area contributed by atoms with Crippen LogP contribution in [0.5, 0.6) is 0 Å². The highest BCUT2D eigenvalue weighted by atomic mass is 79.9. The van der Waals surface area contributed by atoms with Crippen LogP contribution in [0.25, 0.3) is 0 Å². The highest BCUT2D eigenvalue weighted by molar-refractivity contribution is 9.10. The van der Waals surface area contributed by atoms with Crippen molar-refractivity contribution in [2.24, 2.45) is 0 Å². The molecule has 0 atom stereocenters. The molecular formula is C16H21BrN2S. The molecule has 0 unspecified atom stereocenters. The Hall–Kier alpha value is -0.680. The van der Waals surface area contributed by atoms with Crippen LogP contribution in [0.4, 0.5) is 0 Å². The minimum absolute atomic E-state index is 0.959. The number of thiophene rings is 1. The van der Waals surface area contributed by atoms with Crippen molar-refractivity contribution in [3.8, 4) is 0 Å². The number of hydrogen-bond acceptors (Lipinski definition) is 3. The standard InChI is InChI=1S/C16H21BrN2S/c1-19(13-14-6-3-2-4-7-14)10-5-9-18-12-16-15(17)8-11-20-16/h2-4,6-8,11,18H,5,9-10,12-13H2,1H3. The topological polar surface area (TPSA) is 15.3 Å². The van der Waals surface area contributed by atoms with Gasteiger partial charge in [-0.3, -0.25) is 0 Å². The smallest absolute Gasteiger partial charge is 0.0327 e. The summed E-state index contributed by atoms with van der Waals surface area (Å²) >= 11 is 5.35. The van der Waals surface area contributed by atoms with Gasteiger partial charge in [-0.05, 0) is 59.5 Å². The predicted molar refractivity (Wildman–Crippen MR) is 91.1 cm³/mol. The van der Waals surface area contributed by atoms with Gasteiger partial charge in [0.1, 0.15) is 0 Å². The zero-order valence-corrected chi connectivity index (χ0v) is 14.2. The molecule has 0 saturated carbocycles. The van der Waals surface area contributed by atoms with Gasteiger partial charge in [-0.15, -0.1) is 11.3 Å². The van der Waals surface area contributed by atoms with Gasteiger partial charge in [-0.2, -0.15) is 0 Å². The zero-order chi connectivity index (χ0) is 14.2. The van der Waals surface area contributed by atoms with Crippen LogP contribution in [0.1, 0.15) is 16.9 Å². The van der Waals surface area contributed by atoms with Gasteiger partial charge in [0.05, 0.1) is 0 Å². The number of rotatable bonds is 8. The molecule has 0 aliphatic heterocycles. The fourth-order valence-corrected chi connectivity index (χ4v) is 3.56. The van der Waals surface area contributed by atoms with E-state index >= 15 is 0 Å². The lowest BCUT2D eigenvalue weighted by Gasteiger charge is -2.16. The summed E-state index contributed by atoms with van der Waals surface area (Å²) in [5.74, 6) is 0. The molecule has 2 rings (SSSR count). The Kier molecular flexibility index (Phi) is 6.73. The molecule has 2 aromatic rings. The Bertz CT molecular complexity index is 498. The van der Waals surface area contributed by atoms with Crippen LogP contribution < -0.4 is 5.32 Å². The van der Waals surface area contributed by atoms with Crippen LogP contribution in [0.2, 0.25) is 0 Å². The number of halogens is 1. The lowest BCUT2D eigenvalue weighted by atomic mass is 10.2. The Morgan fingerprint density at radius 2 is 2.00 bits per heavy atom. The van der Waals surface area contributed by atoms with Crippen molar-refractivity contribution in [2.75, 3.05) is 20.1 Å². The van der Waals surface area contributed by atoms with Gasteiger partial charge < -0.3 is 10.2 Å². The molecule has 4 heteroatoms. The summed E-state index contributed by atoms with van der Waals surface area (Å²) in [6.07, 6.45) is 1.17. The molecule has 0 bridgehead atoms. The lowest BCUT2D eigenvalue weighted by molar-refractivity contribution is 0.319. The highest BCUT2D eigenvalue weighted by Crippen LogP contribution is 2.21. The predicted octanol–water partition coefficient (Wildman–Crippen LogP) is 4.12. The average Bonchev–Trinajstić information content (AvgIpc) is 2.85. The maximum Gasteiger partial charge on any atom is 0.0327 e. The maximum atomic E-state index is 3.56. The van der Waals surface area contributed by atoms with Crippen molar-refractivity contribution in [3.05, 3.63) is 56.7 Å². The molecular weight excluding hydrogens is 332 g/mol. The molecule has 1 N–H and O–H groups in total. The fourth-order valence-electron chi connectivity index (χ4n) is 2.10. The second kappa shape index (κ2) is 8.57. The van der Waals surface area contributed by atoms with Crippen molar-refractivity contribution < 1.29 is 0 Å². The first-order chi connectivity index (χ1) is 9.75. The third-order valence-electron chi connectivity index (χ3n) is 3.17. The van der Waals surface area contributed by atoms with E-state index in [9.17, 15) is 0 Å². The molecule has 1 aromatic heterocycles. The fraction of sp³-hybridized carbons (Fsp3) is 0.375. The summed E-state index contributed by atoms with van der Waals surface area (Å²) in [7, 11) is 2.18. The molecule has 1 aromatic carbocycles. The first-order valence-corrected chi connectivity index (χ1v) is 8.58. The van der Waals surface area contributed by atoms with Crippen LogP contribution >= 0.6 is 27.3 Å². The number of nitrogens with one attached hydrogen (secondary N) is 1. The first kappa shape index (κ1) is 15.7. The van der Waals surface area contributed by atoms with E-state index in [4.69, 9.17) is 0 Å². The molecule has 0 amide bonds. The number of benzene rings is 1. The molecule has 108 valence electrons. The monoisotopic (exact) mass is 352 g/mol. The van der Waals surface area contributed by atoms with Crippen molar-refractivity contribution in [3.63, 3.8) is 0 Å². The van der Waals surface area contributed by atoms with Crippen LogP contribution in [0.3, 0.4) is 0 Å². The minimum atomic E-state index is 0.959. The van der Waals surface area contributed by atoms with Gasteiger partial charge in [0, 0.05) is 22.4 Å². The number of nitrogens with zero attached hydrogens (tertiary/aromatic N) is 1. The molecule has 0 spiro atoms. The summed E-state index contributed by atoms with van der Waals surface area (Å²) in [5.41, 5.74) is 1.38. The molecule has 1 heterocycles. The third-order valence-corrected chi connectivity index (χ3v) is 5.09. The Labute approximate surface area is 133 Å². The number of hydrogen-bond donors (Lipinski definition) is 1. The molecule has 0 radical (unpaired) electrons. The molecule has 0 aliphatic rings. The molecule has 20 heavy (non-hydrogen) atoms. The Morgan fingerprint density at radius 3 is 2.70 bits per heavy atom. The van der Waals surface area contributed by atoms with Gasteiger partial charge in [-0.1, -0.05) is 30.3 Å². The van der Waals surface area contributed by atoms with Gasteiger partial charge in [-0.25, -0.2) is 0 Å². The van der Waals surface area contributed by atoms with Crippen molar-refractivity contribution in [1.29, 1.82) is 0 Å². The van der Waals surface area contributed by atoms with E-state index in [1.54, 1.807) is 11.3 Å². The summed E-state index contributed by atoms with van der Waals surface area (Å²) in [6, 6.07) is 12.7. The average molecular weight is 353 g/mol. The maximum absolute atomic E-state index is 3.56. The van der Waals surface area contributed by atoms with Crippen molar-refractivity contribution in [2.45, 2.75) is 19.5 Å². The van der Waals surface area contributed by atoms with E-state index in [1.165, 1.54) is 21.3 Å². The Morgan fingerprint density at radius 1 is 1.20 bits per heavy atom. The van der Waals surface area contributed by atoms with Crippen molar-refractivity contribution in [1.82, 2.24) is 10.2 Å². The van der Waals surface area contributed by atoms with Gasteiger partial charge in [0.25, 0.3) is 0 Å². The second-order valence-corrected chi connectivity index (χ2v) is 6.80. The summed E-state index contributed by atoms with van der Waals surface area (Å²) < 4.78 is 1.22. The van der Waals surface area contributed by atoms with E-state index in [-0.39, 0.29) is 0 Å². The van der Waals surface area contributed by atoms with Crippen molar-refractivity contribution >= 4 is 27.3 Å². The third kappa shape index (κ3) is 5.37. The Balaban J connectivity index is 1.58. The molecule has 2 nitrogen and oxygen atoms in total. The van der Waals surface area contributed by atoms with Crippen LogP contribution in [-0.4, -0.2) is 25.0 Å². The van der Waals surface area contributed by atoms with Gasteiger partial charge in [0.15, 0.2) is 0 Å². The van der Waals surface area contributed by atoms with E-state index in [0.717, 1.165) is 26.2 Å². The second-order valence-electron chi connectivity index (χ2n) is 4.95. The first-order valence-electron chi connectivity index (χ1n) is 6.91. The lowest BCUT2D eigenvalue weighted by Crippen LogP contribution is -2.23. The quantitative estimate of drug-likeness (QED) is 0.718. The van der Waals surface area contributed by atoms with Crippen LogP contribution in [0.15, 0.2) is 46.3 Å². The van der Waals surface area contributed by atoms with Crippen LogP contribution in [0, 0.1) is 0 Å². The minimum Gasteiger partial charge on any atom is -0.312 e. The summed E-state index contributed by atoms with van der Waals surface area (Å²) in [6.45, 7) is 4.16. The molecule has 0 saturated heterocycles. The van der Waals surface area contributed by atoms with E-state index < -0.39 is 0 Å². The molecule has 0 fully saturated rings. The largest absolute Gasteiger partial charge is 0.312 e. The normalized spacial score (nSPS) is 11.2. The van der Waals surface area contributed by atoms with E-state index in [0.29, 0.717) is 0 Å². The van der Waals surface area contributed by atoms with E-state index in [1.807, 2.05) is 0 Å². The summed E-state index contributed by atoms with van der Waals surface area (Å²) in [4.78, 5) is 3.75. The SMILES string of the molecule is CN(CCCNCc1sccc1Br)Cc1ccccc1. The van der Waals surface area contributed by atoms with E-state index in [2.05, 4.69) is 75.0 Å². The van der Waals surface area contributed by atoms with Gasteiger partial charge >= 0.3 is 0 Å².